The first-order valence-corrected chi connectivity index (χ1v) is 11.7. The van der Waals surface area contributed by atoms with Gasteiger partial charge >= 0.3 is 0 Å². The summed E-state index contributed by atoms with van der Waals surface area (Å²) in [7, 11) is 0. The Hall–Kier alpha value is -2.46. The van der Waals surface area contributed by atoms with E-state index in [1.807, 2.05) is 16.7 Å². The smallest absolute Gasteiger partial charge is 0.261 e. The fourth-order valence-electron chi connectivity index (χ4n) is 4.75. The van der Waals surface area contributed by atoms with E-state index in [1.54, 1.807) is 0 Å². The molecule has 0 saturated carbocycles. The molecule has 0 spiro atoms. The highest BCUT2D eigenvalue weighted by Crippen LogP contribution is 2.25. The monoisotopic (exact) mass is 417 g/mol. The van der Waals surface area contributed by atoms with Crippen LogP contribution in [0.3, 0.4) is 0 Å². The second-order valence-electron chi connectivity index (χ2n) is 9.74. The number of aromatic nitrogens is 2. The molecule has 1 aliphatic heterocycles. The summed E-state index contributed by atoms with van der Waals surface area (Å²) in [6.45, 7) is 13.9. The van der Waals surface area contributed by atoms with E-state index < -0.39 is 0 Å². The Morgan fingerprint density at radius 2 is 1.74 bits per heavy atom. The average molecular weight is 418 g/mol. The second kappa shape index (κ2) is 8.96. The van der Waals surface area contributed by atoms with Crippen molar-refractivity contribution in [1.29, 1.82) is 0 Å². The summed E-state index contributed by atoms with van der Waals surface area (Å²) in [6, 6.07) is 15.1. The molecule has 1 aromatic heterocycles. The van der Waals surface area contributed by atoms with Gasteiger partial charge < -0.3 is 4.90 Å². The average Bonchev–Trinajstić information content (AvgIpc) is 2.76. The lowest BCUT2D eigenvalue weighted by molar-refractivity contribution is 0.129. The molecule has 4 rings (SSSR count). The maximum absolute atomic E-state index is 13.7. The van der Waals surface area contributed by atoms with Gasteiger partial charge in [0.05, 0.1) is 10.9 Å². The number of likely N-dealkylation sites (tertiary alicyclic amines) is 1. The first kappa shape index (κ1) is 21.8. The predicted molar refractivity (Wildman–Crippen MR) is 130 cm³/mol. The van der Waals surface area contributed by atoms with Crippen LogP contribution in [0.25, 0.3) is 22.0 Å². The molecule has 0 bridgehead atoms. The number of hydrogen-bond donors (Lipinski definition) is 0. The molecule has 164 valence electrons. The van der Waals surface area contributed by atoms with Crippen LogP contribution >= 0.6 is 0 Å². The molecule has 0 amide bonds. The van der Waals surface area contributed by atoms with E-state index in [9.17, 15) is 4.79 Å². The zero-order valence-corrected chi connectivity index (χ0v) is 19.6. The van der Waals surface area contributed by atoms with Crippen LogP contribution in [0.5, 0.6) is 0 Å². The number of nitrogens with zero attached hydrogens (tertiary/aromatic N) is 3. The molecule has 1 saturated heterocycles. The van der Waals surface area contributed by atoms with E-state index in [4.69, 9.17) is 4.98 Å². The van der Waals surface area contributed by atoms with Crippen LogP contribution in [0.15, 0.2) is 47.3 Å². The van der Waals surface area contributed by atoms with E-state index in [2.05, 4.69) is 69.9 Å². The molecule has 1 aliphatic rings. The van der Waals surface area contributed by atoms with Gasteiger partial charge in [-0.2, -0.15) is 0 Å². The van der Waals surface area contributed by atoms with Crippen molar-refractivity contribution in [2.45, 2.75) is 66.0 Å². The maximum atomic E-state index is 13.7. The van der Waals surface area contributed by atoms with E-state index in [0.29, 0.717) is 12.0 Å². The summed E-state index contributed by atoms with van der Waals surface area (Å²) in [6.07, 6.45) is 2.38. The van der Waals surface area contributed by atoms with Crippen LogP contribution in [-0.4, -0.2) is 33.6 Å². The Bertz CT molecular complexity index is 1110. The molecule has 4 nitrogen and oxygen atoms in total. The van der Waals surface area contributed by atoms with Crippen LogP contribution in [0.1, 0.15) is 57.8 Å². The van der Waals surface area contributed by atoms with Crippen molar-refractivity contribution in [3.63, 3.8) is 0 Å². The van der Waals surface area contributed by atoms with Gasteiger partial charge in [-0.05, 0) is 69.3 Å². The van der Waals surface area contributed by atoms with Crippen LogP contribution in [0, 0.1) is 12.8 Å². The van der Waals surface area contributed by atoms with Gasteiger partial charge in [0.25, 0.3) is 5.56 Å². The minimum absolute atomic E-state index is 0.101. The van der Waals surface area contributed by atoms with E-state index in [-0.39, 0.29) is 11.5 Å². The number of fused-ring (bicyclic) bond motifs is 1. The van der Waals surface area contributed by atoms with Gasteiger partial charge in [0, 0.05) is 25.0 Å². The minimum atomic E-state index is 0.101. The Balaban J connectivity index is 1.75. The van der Waals surface area contributed by atoms with E-state index in [1.165, 1.54) is 18.4 Å². The van der Waals surface area contributed by atoms with Gasteiger partial charge in [0.15, 0.2) is 0 Å². The summed E-state index contributed by atoms with van der Waals surface area (Å²) in [5.41, 5.74) is 4.33. The molecule has 0 unspecified atom stereocenters. The number of benzene rings is 2. The fourth-order valence-corrected chi connectivity index (χ4v) is 4.75. The highest BCUT2D eigenvalue weighted by Gasteiger charge is 2.24. The summed E-state index contributed by atoms with van der Waals surface area (Å²) in [4.78, 5) is 21.2. The van der Waals surface area contributed by atoms with Gasteiger partial charge in [-0.25, -0.2) is 4.98 Å². The quantitative estimate of drug-likeness (QED) is 0.541. The normalized spacial score (nSPS) is 17.7. The van der Waals surface area contributed by atoms with Crippen molar-refractivity contribution in [3.8, 4) is 11.1 Å². The van der Waals surface area contributed by atoms with Gasteiger partial charge in [-0.15, -0.1) is 0 Å². The van der Waals surface area contributed by atoms with Crippen LogP contribution in [-0.2, 0) is 6.54 Å². The zero-order chi connectivity index (χ0) is 22.1. The molecule has 2 heterocycles. The van der Waals surface area contributed by atoms with Crippen molar-refractivity contribution in [3.05, 3.63) is 64.2 Å². The first-order valence-electron chi connectivity index (χ1n) is 11.7. The predicted octanol–water partition coefficient (Wildman–Crippen LogP) is 5.62. The van der Waals surface area contributed by atoms with E-state index in [0.717, 1.165) is 47.5 Å². The highest BCUT2D eigenvalue weighted by molar-refractivity contribution is 5.84. The topological polar surface area (TPSA) is 38.1 Å². The standard InChI is InChI=1S/C27H35N3O/c1-18(2)26-28-25-13-12-23(22-10-8-20(5)9-11-22)15-24(25)27(31)30(26)17-21-7-6-14-29(16-21)19(3)4/h8-13,15,18-19,21H,6-7,14,16-17H2,1-5H3/t21-/m0/s1. The number of hydrogen-bond acceptors (Lipinski definition) is 3. The molecular formula is C27H35N3O. The van der Waals surface area contributed by atoms with Gasteiger partial charge in [-0.1, -0.05) is 49.7 Å². The molecule has 0 N–H and O–H groups in total. The van der Waals surface area contributed by atoms with Crippen molar-refractivity contribution in [1.82, 2.24) is 14.5 Å². The summed E-state index contributed by atoms with van der Waals surface area (Å²) < 4.78 is 1.97. The Morgan fingerprint density at radius 3 is 2.42 bits per heavy atom. The molecular weight excluding hydrogens is 382 g/mol. The number of aryl methyl sites for hydroxylation is 1. The van der Waals surface area contributed by atoms with Crippen LogP contribution in [0.2, 0.25) is 0 Å². The second-order valence-corrected chi connectivity index (χ2v) is 9.74. The molecule has 4 heteroatoms. The summed E-state index contributed by atoms with van der Waals surface area (Å²) in [5.74, 6) is 1.60. The molecule has 2 aromatic carbocycles. The van der Waals surface area contributed by atoms with Gasteiger partial charge in [-0.3, -0.25) is 9.36 Å². The molecule has 0 radical (unpaired) electrons. The Kier molecular flexibility index (Phi) is 6.29. The largest absolute Gasteiger partial charge is 0.301 e. The van der Waals surface area contributed by atoms with Crippen molar-refractivity contribution in [2.75, 3.05) is 13.1 Å². The Morgan fingerprint density at radius 1 is 1.03 bits per heavy atom. The molecule has 0 aliphatic carbocycles. The molecule has 31 heavy (non-hydrogen) atoms. The fraction of sp³-hybridized carbons (Fsp3) is 0.481. The number of rotatable bonds is 5. The zero-order valence-electron chi connectivity index (χ0n) is 19.6. The lowest BCUT2D eigenvalue weighted by Crippen LogP contribution is -2.42. The maximum Gasteiger partial charge on any atom is 0.261 e. The lowest BCUT2D eigenvalue weighted by Gasteiger charge is -2.36. The molecule has 1 fully saturated rings. The third kappa shape index (κ3) is 4.59. The van der Waals surface area contributed by atoms with Crippen molar-refractivity contribution in [2.24, 2.45) is 5.92 Å². The van der Waals surface area contributed by atoms with Gasteiger partial charge in [0.1, 0.15) is 5.82 Å². The van der Waals surface area contributed by atoms with Crippen molar-refractivity contribution >= 4 is 10.9 Å². The van der Waals surface area contributed by atoms with Crippen molar-refractivity contribution < 1.29 is 0 Å². The van der Waals surface area contributed by atoms with Crippen LogP contribution < -0.4 is 5.56 Å². The van der Waals surface area contributed by atoms with Gasteiger partial charge in [0.2, 0.25) is 0 Å². The summed E-state index contributed by atoms with van der Waals surface area (Å²) in [5, 5.41) is 0.721. The lowest BCUT2D eigenvalue weighted by atomic mass is 9.96. The van der Waals surface area contributed by atoms with Crippen LogP contribution in [0.4, 0.5) is 0 Å². The highest BCUT2D eigenvalue weighted by atomic mass is 16.1. The third-order valence-electron chi connectivity index (χ3n) is 6.61. The third-order valence-corrected chi connectivity index (χ3v) is 6.61. The van der Waals surface area contributed by atoms with E-state index >= 15 is 0 Å². The molecule has 3 aromatic rings. The Labute approximate surface area is 185 Å². The minimum Gasteiger partial charge on any atom is -0.301 e. The first-order chi connectivity index (χ1) is 14.8. The molecule has 1 atom stereocenters. The number of piperidine rings is 1. The summed E-state index contributed by atoms with van der Waals surface area (Å²) >= 11 is 0. The SMILES string of the molecule is Cc1ccc(-c2ccc3nc(C(C)C)n(C[C@H]4CCCN(C(C)C)C4)c(=O)c3c2)cc1.